The van der Waals surface area contributed by atoms with Gasteiger partial charge in [-0.05, 0) is 34.5 Å². The van der Waals surface area contributed by atoms with E-state index in [1.54, 1.807) is 0 Å². The predicted molar refractivity (Wildman–Crippen MR) is 112 cm³/mol. The Labute approximate surface area is 162 Å². The summed E-state index contributed by atoms with van der Waals surface area (Å²) >= 11 is 2.42. The molecule has 0 aliphatic carbocycles. The molecule has 1 aromatic carbocycles. The molecule has 0 saturated carbocycles. The Balaban J connectivity index is 2.28. The largest absolute Gasteiger partial charge is 0.416 e. The number of halogens is 1. The second kappa shape index (κ2) is 10.9. The summed E-state index contributed by atoms with van der Waals surface area (Å²) in [4.78, 5) is 0. The van der Waals surface area contributed by atoms with Gasteiger partial charge in [-0.25, -0.2) is 0 Å². The fraction of sp³-hybridized carbons (Fsp3) is 0.684. The summed E-state index contributed by atoms with van der Waals surface area (Å²) in [5.41, 5.74) is 1.17. The molecule has 1 rings (SSSR count). The van der Waals surface area contributed by atoms with E-state index in [-0.39, 0.29) is 5.04 Å². The Morgan fingerprint density at radius 2 is 1.71 bits per heavy atom. The average molecular weight is 464 g/mol. The van der Waals surface area contributed by atoms with E-state index in [1.807, 2.05) is 18.2 Å². The molecular weight excluding hydrogens is 431 g/mol. The lowest BCUT2D eigenvalue weighted by Gasteiger charge is -2.37. The molecule has 5 heteroatoms. The van der Waals surface area contributed by atoms with E-state index in [4.69, 9.17) is 13.9 Å². The first-order valence-electron chi connectivity index (χ1n) is 8.65. The van der Waals surface area contributed by atoms with Gasteiger partial charge in [0.25, 0.3) is 0 Å². The van der Waals surface area contributed by atoms with Gasteiger partial charge in [-0.15, -0.1) is 0 Å². The highest BCUT2D eigenvalue weighted by molar-refractivity contribution is 14.1. The first kappa shape index (κ1) is 22.1. The average Bonchev–Trinajstić information content (AvgIpc) is 2.52. The maximum atomic E-state index is 6.35. The fourth-order valence-corrected chi connectivity index (χ4v) is 3.89. The van der Waals surface area contributed by atoms with Gasteiger partial charge in [0.1, 0.15) is 6.79 Å². The van der Waals surface area contributed by atoms with Crippen LogP contribution in [0.2, 0.25) is 18.1 Å². The lowest BCUT2D eigenvalue weighted by molar-refractivity contribution is -0.0752. The third-order valence-corrected chi connectivity index (χ3v) is 9.76. The summed E-state index contributed by atoms with van der Waals surface area (Å²) < 4.78 is 18.8. The Morgan fingerprint density at radius 3 is 2.29 bits per heavy atom. The van der Waals surface area contributed by atoms with Crippen molar-refractivity contribution in [3.05, 3.63) is 35.9 Å². The molecule has 0 saturated heterocycles. The minimum absolute atomic E-state index is 0.252. The van der Waals surface area contributed by atoms with Crippen LogP contribution in [0.1, 0.15) is 32.8 Å². The monoisotopic (exact) mass is 464 g/mol. The van der Waals surface area contributed by atoms with Gasteiger partial charge in [0, 0.05) is 12.5 Å². The zero-order valence-corrected chi connectivity index (χ0v) is 19.0. The number of alkyl halides is 1. The lowest BCUT2D eigenvalue weighted by atomic mass is 10.1. The Morgan fingerprint density at radius 1 is 1.04 bits per heavy atom. The van der Waals surface area contributed by atoms with Gasteiger partial charge in [-0.1, -0.05) is 73.7 Å². The topological polar surface area (TPSA) is 27.7 Å². The summed E-state index contributed by atoms with van der Waals surface area (Å²) in [5, 5.41) is 0.252. The third-order valence-electron chi connectivity index (χ3n) is 4.64. The zero-order valence-electron chi connectivity index (χ0n) is 15.8. The number of hydrogen-bond acceptors (Lipinski definition) is 3. The quantitative estimate of drug-likeness (QED) is 0.139. The molecule has 0 amide bonds. The molecule has 0 spiro atoms. The molecule has 3 nitrogen and oxygen atoms in total. The van der Waals surface area contributed by atoms with Crippen LogP contribution >= 0.6 is 22.6 Å². The molecule has 1 aromatic rings. The maximum Gasteiger partial charge on any atom is 0.191 e. The van der Waals surface area contributed by atoms with Crippen LogP contribution in [0.4, 0.5) is 0 Å². The van der Waals surface area contributed by atoms with E-state index in [1.165, 1.54) is 5.56 Å². The highest BCUT2D eigenvalue weighted by Crippen LogP contribution is 2.36. The molecule has 0 fully saturated rings. The van der Waals surface area contributed by atoms with Gasteiger partial charge >= 0.3 is 0 Å². The van der Waals surface area contributed by atoms with E-state index in [0.29, 0.717) is 25.9 Å². The fourth-order valence-electron chi connectivity index (χ4n) is 1.92. The predicted octanol–water partition coefficient (Wildman–Crippen LogP) is 5.64. The minimum Gasteiger partial charge on any atom is -0.416 e. The first-order chi connectivity index (χ1) is 11.3. The van der Waals surface area contributed by atoms with Crippen molar-refractivity contribution in [3.63, 3.8) is 0 Å². The smallest absolute Gasteiger partial charge is 0.191 e. The molecule has 0 unspecified atom stereocenters. The van der Waals surface area contributed by atoms with E-state index >= 15 is 0 Å². The molecular formula is C19H33IO3Si. The Hall–Kier alpha value is 0.0469. The van der Waals surface area contributed by atoms with Gasteiger partial charge < -0.3 is 13.9 Å². The molecule has 0 N–H and O–H groups in total. The second-order valence-corrected chi connectivity index (χ2v) is 13.6. The van der Waals surface area contributed by atoms with Crippen molar-refractivity contribution in [3.8, 4) is 0 Å². The molecule has 0 heterocycles. The van der Waals surface area contributed by atoms with Crippen molar-refractivity contribution >= 4 is 30.9 Å². The van der Waals surface area contributed by atoms with E-state index in [0.717, 1.165) is 17.5 Å². The second-order valence-electron chi connectivity index (χ2n) is 7.74. The Bertz CT molecular complexity index is 446. The van der Waals surface area contributed by atoms with Gasteiger partial charge in [0.2, 0.25) is 0 Å². The highest BCUT2D eigenvalue weighted by Gasteiger charge is 2.37. The highest BCUT2D eigenvalue weighted by atomic mass is 127. The third kappa shape index (κ3) is 8.42. The summed E-state index contributed by atoms with van der Waals surface area (Å²) in [5.74, 6) is 0.441. The molecule has 0 aliphatic heterocycles. The van der Waals surface area contributed by atoms with Gasteiger partial charge in [0.15, 0.2) is 8.32 Å². The van der Waals surface area contributed by atoms with Crippen LogP contribution in [0.15, 0.2) is 30.3 Å². The number of ether oxygens (including phenoxy) is 2. The van der Waals surface area contributed by atoms with Gasteiger partial charge in [-0.3, -0.25) is 0 Å². The van der Waals surface area contributed by atoms with E-state index < -0.39 is 8.32 Å². The number of rotatable bonds is 11. The van der Waals surface area contributed by atoms with Crippen LogP contribution in [0.5, 0.6) is 0 Å². The van der Waals surface area contributed by atoms with Crippen molar-refractivity contribution in [2.75, 3.05) is 24.4 Å². The van der Waals surface area contributed by atoms with E-state index in [9.17, 15) is 0 Å². The first-order valence-corrected chi connectivity index (χ1v) is 13.1. The molecule has 138 valence electrons. The van der Waals surface area contributed by atoms with Crippen LogP contribution in [-0.4, -0.2) is 32.8 Å². The van der Waals surface area contributed by atoms with Crippen molar-refractivity contribution in [1.82, 2.24) is 0 Å². The molecule has 0 aliphatic rings. The van der Waals surface area contributed by atoms with Crippen molar-refractivity contribution in [2.45, 2.75) is 51.9 Å². The van der Waals surface area contributed by atoms with Crippen LogP contribution in [-0.2, 0) is 20.5 Å². The van der Waals surface area contributed by atoms with Gasteiger partial charge in [-0.2, -0.15) is 0 Å². The standard InChI is InChI=1S/C19H33IO3Si/c1-19(2,3)24(4,5)23-15-18(11-12-20)14-22-16-21-13-17-9-7-6-8-10-17/h6-10,18H,11-16H2,1-5H3/t18-/m1/s1. The molecule has 0 aromatic heterocycles. The Kier molecular flexibility index (Phi) is 10.0. The number of hydrogen-bond donors (Lipinski definition) is 0. The molecule has 24 heavy (non-hydrogen) atoms. The van der Waals surface area contributed by atoms with Gasteiger partial charge in [0.05, 0.1) is 13.2 Å². The summed E-state index contributed by atoms with van der Waals surface area (Å²) in [6.45, 7) is 13.9. The summed E-state index contributed by atoms with van der Waals surface area (Å²) in [6.07, 6.45) is 1.12. The van der Waals surface area contributed by atoms with Crippen LogP contribution in [0.3, 0.4) is 0 Å². The summed E-state index contributed by atoms with van der Waals surface area (Å²) in [7, 11) is -1.68. The van der Waals surface area contributed by atoms with E-state index in [2.05, 4.69) is 68.6 Å². The molecule has 0 radical (unpaired) electrons. The van der Waals surface area contributed by atoms with Crippen LogP contribution in [0.25, 0.3) is 0 Å². The normalized spacial score (nSPS) is 13.9. The SMILES string of the molecule is CC(C)(C)[Si](C)(C)OC[C@H](CCI)COCOCc1ccccc1. The summed E-state index contributed by atoms with van der Waals surface area (Å²) in [6, 6.07) is 10.2. The minimum atomic E-state index is -1.68. The van der Waals surface area contributed by atoms with Crippen molar-refractivity contribution < 1.29 is 13.9 Å². The zero-order chi connectivity index (χ0) is 18.1. The lowest BCUT2D eigenvalue weighted by Crippen LogP contribution is -2.42. The van der Waals surface area contributed by atoms with Crippen molar-refractivity contribution in [2.24, 2.45) is 5.92 Å². The van der Waals surface area contributed by atoms with Crippen LogP contribution in [0, 0.1) is 5.92 Å². The molecule has 0 bridgehead atoms. The van der Waals surface area contributed by atoms with Crippen LogP contribution < -0.4 is 0 Å². The van der Waals surface area contributed by atoms with Crippen molar-refractivity contribution in [1.29, 1.82) is 0 Å². The maximum absolute atomic E-state index is 6.35. The number of benzene rings is 1. The molecule has 1 atom stereocenters.